The van der Waals surface area contributed by atoms with Crippen LogP contribution in [-0.4, -0.2) is 164 Å². The number of ether oxygens (including phenoxy) is 1. The zero-order valence-corrected chi connectivity index (χ0v) is 29.4. The van der Waals surface area contributed by atoms with Gasteiger partial charge in [0.1, 0.15) is 69.5 Å². The zero-order valence-electron chi connectivity index (χ0n) is 29.4. The Morgan fingerprint density at radius 2 is 1.56 bits per heavy atom. The summed E-state index contributed by atoms with van der Waals surface area (Å²) in [5.74, 6) is -3.16. The van der Waals surface area contributed by atoms with Gasteiger partial charge < -0.3 is 35.4 Å². The van der Waals surface area contributed by atoms with Crippen molar-refractivity contribution in [1.29, 1.82) is 0 Å². The van der Waals surface area contributed by atoms with E-state index >= 15 is 4.39 Å². The van der Waals surface area contributed by atoms with Crippen LogP contribution in [0.1, 0.15) is 18.1 Å². The van der Waals surface area contributed by atoms with Crippen LogP contribution < -0.4 is 10.6 Å². The van der Waals surface area contributed by atoms with Crippen LogP contribution in [0.3, 0.4) is 0 Å². The molecule has 3 aliphatic heterocycles. The molecular formula is C26H40B9FN4O8. The molecule has 3 amide bonds. The molecule has 1 aromatic carbocycles. The lowest BCUT2D eigenvalue weighted by Gasteiger charge is -2.65. The van der Waals surface area contributed by atoms with Crippen molar-refractivity contribution in [3.05, 3.63) is 70.7 Å². The van der Waals surface area contributed by atoms with Crippen LogP contribution in [0.15, 0.2) is 53.8 Å². The molecule has 2 fully saturated rings. The maximum absolute atomic E-state index is 16.1. The summed E-state index contributed by atoms with van der Waals surface area (Å²) in [5, 5.41) is 48.1. The van der Waals surface area contributed by atoms with E-state index in [0.29, 0.717) is 11.3 Å². The van der Waals surface area contributed by atoms with Gasteiger partial charge >= 0.3 is 0 Å². The van der Waals surface area contributed by atoms with Crippen LogP contribution in [0, 0.1) is 5.82 Å². The number of hydrogen-bond donors (Lipinski definition) is 6. The number of halogens is 1. The van der Waals surface area contributed by atoms with E-state index in [1.54, 1.807) is 80.6 Å². The summed E-state index contributed by atoms with van der Waals surface area (Å²) in [6, 6.07) is 4.91. The summed E-state index contributed by atoms with van der Waals surface area (Å²) in [4.78, 5) is 42.0. The maximum atomic E-state index is 16.1. The summed E-state index contributed by atoms with van der Waals surface area (Å²) in [6.45, 7) is 1.28. The number of allylic oxidation sites excluding steroid dienone is 3. The topological polar surface area (TPSA) is 172 Å². The molecule has 3 aliphatic rings. The number of morpholine rings is 1. The molecule has 0 bridgehead atoms. The van der Waals surface area contributed by atoms with E-state index in [0.717, 1.165) is 20.6 Å². The Morgan fingerprint density at radius 3 is 2.19 bits per heavy atom. The molecule has 0 saturated carbocycles. The largest absolute Gasteiger partial charge is 0.394 e. The first-order valence-corrected chi connectivity index (χ1v) is 15.9. The summed E-state index contributed by atoms with van der Waals surface area (Å²) in [5.41, 5.74) is -8.85. The van der Waals surface area contributed by atoms with Crippen LogP contribution in [0.5, 0.6) is 0 Å². The number of amides is 3. The third kappa shape index (κ3) is 5.77. The van der Waals surface area contributed by atoms with Gasteiger partial charge in [-0.2, -0.15) is 0 Å². The fraction of sp³-hybridized carbons (Fsp3) is 0.423. The highest BCUT2D eigenvalue weighted by molar-refractivity contribution is 6.49. The van der Waals surface area contributed by atoms with Crippen molar-refractivity contribution >= 4 is 88.3 Å². The smallest absolute Gasteiger partial charge is 0.251 e. The van der Waals surface area contributed by atoms with Gasteiger partial charge in [0, 0.05) is 52.8 Å². The lowest BCUT2D eigenvalue weighted by atomic mass is 9.42. The number of aliphatic hydroxyl groups is 4. The normalized spacial score (nSPS) is 38.3. The summed E-state index contributed by atoms with van der Waals surface area (Å²) in [6.07, 6.45) is 6.38. The first-order chi connectivity index (χ1) is 21.8. The second kappa shape index (κ2) is 12.2. The van der Waals surface area contributed by atoms with Gasteiger partial charge in [0.25, 0.3) is 5.91 Å². The molecule has 0 spiro atoms. The number of rotatable bonds is 6. The fourth-order valence-electron chi connectivity index (χ4n) is 6.53. The monoisotopic (exact) mass is 654 g/mol. The fourth-order valence-corrected chi connectivity index (χ4v) is 6.53. The Kier molecular flexibility index (Phi) is 9.62. The first kappa shape index (κ1) is 37.9. The molecule has 3 heterocycles. The molecule has 0 radical (unpaired) electrons. The predicted octanol–water partition coefficient (Wildman–Crippen LogP) is -11.0. The number of hydrogen-bond acceptors (Lipinski definition) is 10. The second-order valence-corrected chi connectivity index (χ2v) is 14.8. The molecule has 1 aromatic rings. The minimum Gasteiger partial charge on any atom is -0.394 e. The third-order valence-electron chi connectivity index (χ3n) is 11.1. The Morgan fingerprint density at radius 1 is 0.958 bits per heavy atom. The summed E-state index contributed by atoms with van der Waals surface area (Å²) >= 11 is 0. The van der Waals surface area contributed by atoms with E-state index in [4.69, 9.17) is 4.74 Å². The highest BCUT2D eigenvalue weighted by Crippen LogP contribution is 2.41. The van der Waals surface area contributed by atoms with Crippen molar-refractivity contribution in [1.82, 2.24) is 20.4 Å². The van der Waals surface area contributed by atoms with E-state index in [9.17, 15) is 34.8 Å². The number of carbonyl (C=O) groups is 3. The number of carbonyl (C=O) groups excluding carboxylic acids is 3. The average Bonchev–Trinajstić information content (AvgIpc) is 3.02. The molecule has 12 nitrogen and oxygen atoms in total. The quantitative estimate of drug-likeness (QED) is 0.128. The molecule has 0 aliphatic carbocycles. The zero-order chi connectivity index (χ0) is 36.5. The third-order valence-corrected chi connectivity index (χ3v) is 11.1. The summed E-state index contributed by atoms with van der Waals surface area (Å²) < 4.78 is 22.0. The van der Waals surface area contributed by atoms with Crippen LogP contribution >= 0.6 is 0 Å². The number of imide groups is 1. The van der Waals surface area contributed by atoms with E-state index < -0.39 is 62.0 Å². The van der Waals surface area contributed by atoms with Gasteiger partial charge in [-0.15, -0.1) is 0 Å². The van der Waals surface area contributed by atoms with E-state index in [1.807, 2.05) is 0 Å². The Balaban J connectivity index is 1.63. The van der Waals surface area contributed by atoms with Crippen molar-refractivity contribution in [3.8, 4) is 0 Å². The lowest BCUT2D eigenvalue weighted by molar-refractivity contribution is -0.303. The molecule has 246 valence electrons. The molecule has 6 N–H and O–H groups in total. The van der Waals surface area contributed by atoms with Gasteiger partial charge in [0.2, 0.25) is 11.8 Å². The average molecular weight is 653 g/mol. The SMILES string of the molecule is BC1(B)OC(B)(O)C(B)(B)N(Cc2cccc(CNC3=C\CN(C4(B)C(=O)NC(=O)C(B)(O)C4(B)O)C(=O)/C(C)=C/C=C\3)c2F)C1(B)O. The van der Waals surface area contributed by atoms with Crippen molar-refractivity contribution in [2.24, 2.45) is 0 Å². The van der Waals surface area contributed by atoms with Crippen molar-refractivity contribution in [2.75, 3.05) is 6.54 Å². The van der Waals surface area contributed by atoms with Gasteiger partial charge in [0.05, 0.1) is 11.1 Å². The van der Waals surface area contributed by atoms with E-state index in [-0.39, 0.29) is 30.8 Å². The van der Waals surface area contributed by atoms with Crippen LogP contribution in [0.4, 0.5) is 4.39 Å². The van der Waals surface area contributed by atoms with Crippen LogP contribution in [0.2, 0.25) is 0 Å². The molecule has 5 unspecified atom stereocenters. The van der Waals surface area contributed by atoms with E-state index in [1.165, 1.54) is 28.7 Å². The predicted molar refractivity (Wildman–Crippen MR) is 201 cm³/mol. The molecule has 22 heteroatoms. The van der Waals surface area contributed by atoms with Crippen LogP contribution in [0.25, 0.3) is 0 Å². The number of piperidine rings is 1. The Bertz CT molecular complexity index is 1610. The highest BCUT2D eigenvalue weighted by atomic mass is 19.1. The lowest BCUT2D eigenvalue weighted by Crippen LogP contribution is -2.87. The number of benzene rings is 1. The minimum atomic E-state index is -2.41. The molecule has 4 rings (SSSR count). The first-order valence-electron chi connectivity index (χ1n) is 15.9. The maximum Gasteiger partial charge on any atom is 0.251 e. The highest BCUT2D eigenvalue weighted by Gasteiger charge is 2.67. The molecular weight excluding hydrogens is 613 g/mol. The molecule has 5 atom stereocenters. The Hall–Kier alpha value is -2.88. The standard InChI is InChI=1S/C26H40B9FN4O8/c1-12-4-2-7-15(8-9-39(17(12)41)20(27)18(42)38-19(43)21(28,44)22(20,29)45)37-10-13-5-3-6-14(16(13)36)11-40-23(30,31)26(35,47)48-24(32,33)25(40,34)46/h2-8,37,44-47H,9-11,27-35H2,1H3,(H,38,42,43)/b7-2-,12-4+,15-8-. The van der Waals surface area contributed by atoms with Gasteiger partial charge in [-0.25, -0.2) is 4.39 Å². The van der Waals surface area contributed by atoms with Gasteiger partial charge in [-0.05, 0) is 19.1 Å². The number of nitrogens with one attached hydrogen (secondary N) is 2. The Labute approximate surface area is 288 Å². The van der Waals surface area contributed by atoms with Gasteiger partial charge in [0.15, 0.2) is 23.5 Å². The van der Waals surface area contributed by atoms with Crippen molar-refractivity contribution in [2.45, 2.75) is 58.5 Å². The van der Waals surface area contributed by atoms with Crippen molar-refractivity contribution < 1.29 is 43.9 Å². The second-order valence-electron chi connectivity index (χ2n) is 14.8. The summed E-state index contributed by atoms with van der Waals surface area (Å²) in [7, 11) is 13.3. The number of nitrogens with zero attached hydrogens (tertiary/aromatic N) is 2. The van der Waals surface area contributed by atoms with Crippen LogP contribution in [-0.2, 0) is 32.2 Å². The molecule has 48 heavy (non-hydrogen) atoms. The van der Waals surface area contributed by atoms with E-state index in [2.05, 4.69) is 10.6 Å². The molecule has 0 aromatic heterocycles. The van der Waals surface area contributed by atoms with Gasteiger partial charge in [-0.1, -0.05) is 30.4 Å². The minimum absolute atomic E-state index is 0.0112. The van der Waals surface area contributed by atoms with Crippen molar-refractivity contribution in [3.63, 3.8) is 0 Å². The van der Waals surface area contributed by atoms with Gasteiger partial charge in [-0.3, -0.25) is 24.6 Å². The molecule has 2 saturated heterocycles.